The van der Waals surface area contributed by atoms with E-state index in [0.717, 1.165) is 42.9 Å². The maximum atomic E-state index is 10.4. The number of piperidine rings is 1. The van der Waals surface area contributed by atoms with Gasteiger partial charge in [-0.15, -0.1) is 0 Å². The van der Waals surface area contributed by atoms with Gasteiger partial charge in [0.05, 0.1) is 17.0 Å². The highest BCUT2D eigenvalue weighted by molar-refractivity contribution is 5.66. The van der Waals surface area contributed by atoms with Crippen LogP contribution in [0.2, 0.25) is 0 Å². The van der Waals surface area contributed by atoms with E-state index in [4.69, 9.17) is 5.73 Å². The van der Waals surface area contributed by atoms with Crippen molar-refractivity contribution in [2.24, 2.45) is 0 Å². The average Bonchev–Trinajstić information content (AvgIpc) is 2.64. The van der Waals surface area contributed by atoms with Gasteiger partial charge in [0.15, 0.2) is 6.23 Å². The lowest BCUT2D eigenvalue weighted by atomic mass is 10.0. The quantitative estimate of drug-likeness (QED) is 0.372. The highest BCUT2D eigenvalue weighted by atomic mass is 16.3. The highest BCUT2D eigenvalue weighted by Gasteiger charge is 2.23. The third kappa shape index (κ3) is 5.86. The van der Waals surface area contributed by atoms with Crippen LogP contribution < -0.4 is 16.4 Å². The molecule has 1 saturated heterocycles. The summed E-state index contributed by atoms with van der Waals surface area (Å²) in [4.78, 5) is 2.32. The van der Waals surface area contributed by atoms with E-state index in [1.54, 1.807) is 6.07 Å². The number of nitrogens with two attached hydrogens (primary N) is 1. The molecule has 2 aromatic rings. The second-order valence-electron chi connectivity index (χ2n) is 8.26. The number of β-amino-alcohol motifs (C(OH)–C–C–N with tert-alkyl or cyclic N) is 1. The molecule has 0 saturated carbocycles. The number of para-hydroxylation sites is 2. The maximum Gasteiger partial charge on any atom is 0.150 e. The number of hydrogen-bond donors (Lipinski definition) is 5. The summed E-state index contributed by atoms with van der Waals surface area (Å²) in [6.07, 6.45) is 1.29. The van der Waals surface area contributed by atoms with Gasteiger partial charge < -0.3 is 31.5 Å². The number of hydrogen-bond acceptors (Lipinski definition) is 6. The molecule has 1 heterocycles. The zero-order valence-corrected chi connectivity index (χ0v) is 16.7. The first-order chi connectivity index (χ1) is 13.3. The summed E-state index contributed by atoms with van der Waals surface area (Å²) in [5.41, 5.74) is 8.44. The topological polar surface area (TPSA) is 93.8 Å². The van der Waals surface area contributed by atoms with Crippen molar-refractivity contribution in [2.45, 2.75) is 44.6 Å². The number of nitrogens with zero attached hydrogens (tertiary/aromatic N) is 1. The summed E-state index contributed by atoms with van der Waals surface area (Å²) in [5, 5.41) is 27.0. The molecule has 2 aromatic carbocycles. The molecule has 3 rings (SSSR count). The summed E-state index contributed by atoms with van der Waals surface area (Å²) in [7, 11) is 0. The first-order valence-electron chi connectivity index (χ1n) is 9.90. The van der Waals surface area contributed by atoms with Gasteiger partial charge in [0.2, 0.25) is 0 Å². The summed E-state index contributed by atoms with van der Waals surface area (Å²) in [6, 6.07) is 15.7. The van der Waals surface area contributed by atoms with Crippen molar-refractivity contribution in [3.8, 4) is 0 Å². The van der Waals surface area contributed by atoms with Crippen molar-refractivity contribution in [1.82, 2.24) is 4.90 Å². The molecular weight excluding hydrogens is 352 g/mol. The summed E-state index contributed by atoms with van der Waals surface area (Å²) in [6.45, 7) is 6.40. The monoisotopic (exact) mass is 384 g/mol. The van der Waals surface area contributed by atoms with E-state index in [2.05, 4.69) is 15.5 Å². The minimum absolute atomic E-state index is 0.427. The standard InChI is InChI=1S/C22H32N4O2/c1-22(2,28)15-26-13-11-18(12-14-26)24-17-9-7-16(8-10-17)21(27)25-20-6-4-3-5-19(20)23/h3-10,18,21,24-25,27-28H,11-15,23H2,1-2H3. The zero-order chi connectivity index (χ0) is 20.1. The molecule has 1 aliphatic rings. The van der Waals surface area contributed by atoms with E-state index >= 15 is 0 Å². The third-order valence-electron chi connectivity index (χ3n) is 5.05. The first kappa shape index (κ1) is 20.5. The van der Waals surface area contributed by atoms with Crippen LogP contribution in [0.5, 0.6) is 0 Å². The lowest BCUT2D eigenvalue weighted by Crippen LogP contribution is -2.45. The predicted molar refractivity (Wildman–Crippen MR) is 115 cm³/mol. The predicted octanol–water partition coefficient (Wildman–Crippen LogP) is 3.02. The molecule has 1 atom stereocenters. The molecule has 1 aliphatic heterocycles. The molecule has 1 fully saturated rings. The van der Waals surface area contributed by atoms with Crippen LogP contribution in [0.15, 0.2) is 48.5 Å². The van der Waals surface area contributed by atoms with E-state index in [0.29, 0.717) is 18.3 Å². The van der Waals surface area contributed by atoms with Crippen LogP contribution in [0.4, 0.5) is 17.1 Å². The second kappa shape index (κ2) is 8.82. The third-order valence-corrected chi connectivity index (χ3v) is 5.05. The summed E-state index contributed by atoms with van der Waals surface area (Å²) >= 11 is 0. The van der Waals surface area contributed by atoms with Gasteiger partial charge in [-0.2, -0.15) is 0 Å². The Morgan fingerprint density at radius 1 is 1.11 bits per heavy atom. The van der Waals surface area contributed by atoms with Crippen molar-refractivity contribution >= 4 is 17.1 Å². The number of aliphatic hydroxyl groups excluding tert-OH is 1. The number of rotatable bonds is 7. The van der Waals surface area contributed by atoms with Crippen LogP contribution in [0.25, 0.3) is 0 Å². The van der Waals surface area contributed by atoms with E-state index in [1.807, 2.05) is 56.3 Å². The van der Waals surface area contributed by atoms with Gasteiger partial charge in [-0.3, -0.25) is 0 Å². The van der Waals surface area contributed by atoms with Gasteiger partial charge in [0.1, 0.15) is 0 Å². The Kier molecular flexibility index (Phi) is 6.44. The largest absolute Gasteiger partial charge is 0.397 e. The second-order valence-corrected chi connectivity index (χ2v) is 8.26. The molecular formula is C22H32N4O2. The lowest BCUT2D eigenvalue weighted by Gasteiger charge is -2.35. The number of aliphatic hydroxyl groups is 2. The Morgan fingerprint density at radius 2 is 1.75 bits per heavy atom. The molecule has 6 nitrogen and oxygen atoms in total. The van der Waals surface area contributed by atoms with Crippen LogP contribution in [0.1, 0.15) is 38.5 Å². The average molecular weight is 385 g/mol. The highest BCUT2D eigenvalue weighted by Crippen LogP contribution is 2.24. The number of likely N-dealkylation sites (tertiary alicyclic amines) is 1. The zero-order valence-electron chi connectivity index (χ0n) is 16.7. The van der Waals surface area contributed by atoms with Gasteiger partial charge in [-0.25, -0.2) is 0 Å². The Labute approximate surface area is 167 Å². The van der Waals surface area contributed by atoms with E-state index < -0.39 is 11.8 Å². The van der Waals surface area contributed by atoms with Gasteiger partial charge in [-0.1, -0.05) is 24.3 Å². The van der Waals surface area contributed by atoms with Crippen molar-refractivity contribution in [1.29, 1.82) is 0 Å². The molecule has 6 N–H and O–H groups in total. The Morgan fingerprint density at radius 3 is 2.36 bits per heavy atom. The van der Waals surface area contributed by atoms with E-state index in [1.165, 1.54) is 0 Å². The van der Waals surface area contributed by atoms with Crippen molar-refractivity contribution < 1.29 is 10.2 Å². The van der Waals surface area contributed by atoms with Gasteiger partial charge in [-0.05, 0) is 51.0 Å². The Hall–Kier alpha value is -2.28. The number of anilines is 3. The molecule has 0 bridgehead atoms. The molecule has 0 spiro atoms. The van der Waals surface area contributed by atoms with Crippen LogP contribution >= 0.6 is 0 Å². The van der Waals surface area contributed by atoms with Crippen LogP contribution in [0, 0.1) is 0 Å². The summed E-state index contributed by atoms with van der Waals surface area (Å²) < 4.78 is 0. The van der Waals surface area contributed by atoms with Crippen molar-refractivity contribution in [3.05, 3.63) is 54.1 Å². The number of nitrogen functional groups attached to an aromatic ring is 1. The van der Waals surface area contributed by atoms with Crippen LogP contribution in [-0.4, -0.2) is 46.4 Å². The maximum absolute atomic E-state index is 10.4. The fourth-order valence-electron chi connectivity index (χ4n) is 3.64. The van der Waals surface area contributed by atoms with E-state index in [9.17, 15) is 10.2 Å². The van der Waals surface area contributed by atoms with Gasteiger partial charge in [0, 0.05) is 36.9 Å². The van der Waals surface area contributed by atoms with Crippen molar-refractivity contribution in [2.75, 3.05) is 36.0 Å². The Balaban J connectivity index is 1.50. The Bertz CT molecular complexity index is 750. The van der Waals surface area contributed by atoms with Crippen LogP contribution in [0.3, 0.4) is 0 Å². The number of nitrogens with one attached hydrogen (secondary N) is 2. The first-order valence-corrected chi connectivity index (χ1v) is 9.90. The molecule has 0 amide bonds. The fraction of sp³-hybridized carbons (Fsp3) is 0.455. The lowest BCUT2D eigenvalue weighted by molar-refractivity contribution is 0.0291. The van der Waals surface area contributed by atoms with Crippen molar-refractivity contribution in [3.63, 3.8) is 0 Å². The summed E-state index contributed by atoms with van der Waals surface area (Å²) in [5.74, 6) is 0. The minimum Gasteiger partial charge on any atom is -0.397 e. The van der Waals surface area contributed by atoms with E-state index in [-0.39, 0.29) is 0 Å². The molecule has 1 unspecified atom stereocenters. The molecule has 6 heteroatoms. The fourth-order valence-corrected chi connectivity index (χ4v) is 3.64. The smallest absolute Gasteiger partial charge is 0.150 e. The van der Waals surface area contributed by atoms with Gasteiger partial charge >= 0.3 is 0 Å². The molecule has 28 heavy (non-hydrogen) atoms. The molecule has 0 aliphatic carbocycles. The minimum atomic E-state index is -0.816. The molecule has 152 valence electrons. The van der Waals surface area contributed by atoms with Gasteiger partial charge in [0.25, 0.3) is 0 Å². The SMILES string of the molecule is CC(C)(O)CN1CCC(Nc2ccc(C(O)Nc3ccccc3N)cc2)CC1. The molecule has 0 aromatic heterocycles. The normalized spacial score (nSPS) is 17.3. The van der Waals surface area contributed by atoms with Crippen LogP contribution in [-0.2, 0) is 0 Å². The molecule has 0 radical (unpaired) electrons. The number of benzene rings is 2.